The number of halogens is 1. The van der Waals surface area contributed by atoms with Crippen LogP contribution in [0.4, 0.5) is 0 Å². The van der Waals surface area contributed by atoms with E-state index < -0.39 is 0 Å². The van der Waals surface area contributed by atoms with Crippen molar-refractivity contribution in [2.45, 2.75) is 19.8 Å². The highest BCUT2D eigenvalue weighted by Gasteiger charge is 2.08. The molecule has 0 heterocycles. The molecular weight excluding hydrogens is 398 g/mol. The van der Waals surface area contributed by atoms with Crippen LogP contribution < -0.4 is 19.5 Å². The average molecular weight is 422 g/mol. The zero-order valence-electron chi connectivity index (χ0n) is 15.3. The molecule has 5 nitrogen and oxygen atoms in total. The van der Waals surface area contributed by atoms with Crippen LogP contribution in [0.3, 0.4) is 0 Å². The molecule has 0 fully saturated rings. The fourth-order valence-corrected chi connectivity index (χ4v) is 2.79. The van der Waals surface area contributed by atoms with Crippen molar-refractivity contribution in [3.63, 3.8) is 0 Å². The van der Waals surface area contributed by atoms with E-state index in [1.54, 1.807) is 7.11 Å². The summed E-state index contributed by atoms with van der Waals surface area (Å²) in [5, 5.41) is 2.76. The molecule has 2 aromatic rings. The lowest BCUT2D eigenvalue weighted by atomic mass is 10.0. The molecule has 0 bridgehead atoms. The Morgan fingerprint density at radius 2 is 1.81 bits per heavy atom. The molecule has 0 saturated heterocycles. The number of ether oxygens (including phenoxy) is 3. The van der Waals surface area contributed by atoms with Crippen LogP contribution in [-0.4, -0.2) is 32.8 Å². The van der Waals surface area contributed by atoms with Gasteiger partial charge in [0.2, 0.25) is 0 Å². The van der Waals surface area contributed by atoms with Gasteiger partial charge in [0.1, 0.15) is 12.4 Å². The van der Waals surface area contributed by atoms with Crippen molar-refractivity contribution >= 4 is 21.8 Å². The highest BCUT2D eigenvalue weighted by atomic mass is 79.9. The molecule has 6 heteroatoms. The Kier molecular flexibility index (Phi) is 7.78. The number of para-hydroxylation sites is 2. The Morgan fingerprint density at radius 3 is 2.46 bits per heavy atom. The smallest absolute Gasteiger partial charge is 0.258 e. The molecule has 0 aromatic heterocycles. The number of rotatable bonds is 9. The van der Waals surface area contributed by atoms with E-state index in [1.165, 1.54) is 5.56 Å². The quantitative estimate of drug-likeness (QED) is 0.617. The van der Waals surface area contributed by atoms with E-state index in [4.69, 9.17) is 14.2 Å². The standard InChI is InChI=1S/C20H24BrNO4/c1-14(2)15-8-9-17(16(21)12-15)26-13-20(23)22-10-11-25-19-7-5-4-6-18(19)24-3/h4-9,12,14H,10-11,13H2,1-3H3,(H,22,23). The molecule has 0 saturated carbocycles. The molecule has 1 N–H and O–H groups in total. The molecule has 0 aliphatic rings. The van der Waals surface area contributed by atoms with Crippen LogP contribution in [-0.2, 0) is 4.79 Å². The van der Waals surface area contributed by atoms with Gasteiger partial charge in [-0.25, -0.2) is 0 Å². The Balaban J connectivity index is 1.72. The van der Waals surface area contributed by atoms with Gasteiger partial charge in [-0.2, -0.15) is 0 Å². The summed E-state index contributed by atoms with van der Waals surface area (Å²) >= 11 is 3.48. The maximum absolute atomic E-state index is 11.9. The third-order valence-corrected chi connectivity index (χ3v) is 4.35. The van der Waals surface area contributed by atoms with E-state index in [9.17, 15) is 4.79 Å². The Labute approximate surface area is 162 Å². The first kappa shape index (κ1) is 20.1. The second kappa shape index (κ2) is 10.1. The summed E-state index contributed by atoms with van der Waals surface area (Å²) < 4.78 is 17.2. The van der Waals surface area contributed by atoms with E-state index >= 15 is 0 Å². The number of amides is 1. The molecule has 0 radical (unpaired) electrons. The maximum atomic E-state index is 11.9. The summed E-state index contributed by atoms with van der Waals surface area (Å²) in [6, 6.07) is 13.3. The lowest BCUT2D eigenvalue weighted by molar-refractivity contribution is -0.123. The molecule has 0 spiro atoms. The van der Waals surface area contributed by atoms with Gasteiger partial charge in [-0.15, -0.1) is 0 Å². The van der Waals surface area contributed by atoms with Crippen LogP contribution in [0.15, 0.2) is 46.9 Å². The minimum Gasteiger partial charge on any atom is -0.493 e. The fourth-order valence-electron chi connectivity index (χ4n) is 2.28. The molecule has 0 aliphatic heterocycles. The summed E-state index contributed by atoms with van der Waals surface area (Å²) in [4.78, 5) is 11.9. The van der Waals surface area contributed by atoms with E-state index in [2.05, 4.69) is 35.1 Å². The minimum atomic E-state index is -0.200. The zero-order chi connectivity index (χ0) is 18.9. The number of carbonyl (C=O) groups is 1. The number of nitrogens with one attached hydrogen (secondary N) is 1. The topological polar surface area (TPSA) is 56.8 Å². The van der Waals surface area contributed by atoms with E-state index in [0.29, 0.717) is 36.3 Å². The SMILES string of the molecule is COc1ccccc1OCCNC(=O)COc1ccc(C(C)C)cc1Br. The zero-order valence-corrected chi connectivity index (χ0v) is 16.8. The van der Waals surface area contributed by atoms with Gasteiger partial charge >= 0.3 is 0 Å². The van der Waals surface area contributed by atoms with Crippen molar-refractivity contribution in [2.24, 2.45) is 0 Å². The van der Waals surface area contributed by atoms with E-state index in [-0.39, 0.29) is 12.5 Å². The van der Waals surface area contributed by atoms with Crippen molar-refractivity contribution in [1.29, 1.82) is 0 Å². The fraction of sp³-hybridized carbons (Fsp3) is 0.350. The van der Waals surface area contributed by atoms with Crippen molar-refractivity contribution in [3.05, 3.63) is 52.5 Å². The highest BCUT2D eigenvalue weighted by molar-refractivity contribution is 9.10. The van der Waals surface area contributed by atoms with E-state index in [1.807, 2.05) is 42.5 Å². The van der Waals surface area contributed by atoms with Gasteiger partial charge < -0.3 is 19.5 Å². The first-order valence-electron chi connectivity index (χ1n) is 8.46. The molecule has 1 amide bonds. The summed E-state index contributed by atoms with van der Waals surface area (Å²) in [5.74, 6) is 2.20. The predicted octanol–water partition coefficient (Wildman–Crippen LogP) is 4.16. The van der Waals surface area contributed by atoms with Gasteiger partial charge in [-0.05, 0) is 51.7 Å². The lowest BCUT2D eigenvalue weighted by Gasteiger charge is -2.12. The van der Waals surface area contributed by atoms with Gasteiger partial charge in [-0.3, -0.25) is 4.79 Å². The van der Waals surface area contributed by atoms with Gasteiger partial charge in [0.25, 0.3) is 5.91 Å². The second-order valence-corrected chi connectivity index (χ2v) is 6.84. The van der Waals surface area contributed by atoms with Crippen LogP contribution in [0.1, 0.15) is 25.3 Å². The summed E-state index contributed by atoms with van der Waals surface area (Å²) in [7, 11) is 1.59. The monoisotopic (exact) mass is 421 g/mol. The maximum Gasteiger partial charge on any atom is 0.258 e. The molecule has 2 aromatic carbocycles. The van der Waals surface area contributed by atoms with Crippen LogP contribution in [0.5, 0.6) is 17.2 Å². The normalized spacial score (nSPS) is 10.5. The van der Waals surface area contributed by atoms with Gasteiger partial charge in [-0.1, -0.05) is 32.0 Å². The number of hydrogen-bond acceptors (Lipinski definition) is 4. The molecule has 26 heavy (non-hydrogen) atoms. The van der Waals surface area contributed by atoms with Gasteiger partial charge in [0.05, 0.1) is 18.1 Å². The van der Waals surface area contributed by atoms with Crippen molar-refractivity contribution in [2.75, 3.05) is 26.9 Å². The Hall–Kier alpha value is -2.21. The summed E-state index contributed by atoms with van der Waals surface area (Å²) in [6.45, 7) is 4.94. The molecular formula is C20H24BrNO4. The number of benzene rings is 2. The van der Waals surface area contributed by atoms with Crippen molar-refractivity contribution < 1.29 is 19.0 Å². The first-order chi connectivity index (χ1) is 12.5. The van der Waals surface area contributed by atoms with Crippen molar-refractivity contribution in [1.82, 2.24) is 5.32 Å². The van der Waals surface area contributed by atoms with Crippen LogP contribution in [0.2, 0.25) is 0 Å². The van der Waals surface area contributed by atoms with Crippen LogP contribution >= 0.6 is 15.9 Å². The molecule has 0 aliphatic carbocycles. The van der Waals surface area contributed by atoms with Crippen LogP contribution in [0.25, 0.3) is 0 Å². The van der Waals surface area contributed by atoms with E-state index in [0.717, 1.165) is 4.47 Å². The number of carbonyl (C=O) groups excluding carboxylic acids is 1. The molecule has 0 atom stereocenters. The number of hydrogen-bond donors (Lipinski definition) is 1. The third-order valence-electron chi connectivity index (χ3n) is 3.73. The Morgan fingerprint density at radius 1 is 1.08 bits per heavy atom. The van der Waals surface area contributed by atoms with Crippen LogP contribution in [0, 0.1) is 0 Å². The van der Waals surface area contributed by atoms with Crippen molar-refractivity contribution in [3.8, 4) is 17.2 Å². The summed E-state index contributed by atoms with van der Waals surface area (Å²) in [6.07, 6.45) is 0. The van der Waals surface area contributed by atoms with Gasteiger partial charge in [0, 0.05) is 0 Å². The molecule has 140 valence electrons. The lowest BCUT2D eigenvalue weighted by Crippen LogP contribution is -2.32. The molecule has 2 rings (SSSR count). The first-order valence-corrected chi connectivity index (χ1v) is 9.25. The highest BCUT2D eigenvalue weighted by Crippen LogP contribution is 2.29. The third kappa shape index (κ3) is 5.95. The predicted molar refractivity (Wildman–Crippen MR) is 105 cm³/mol. The van der Waals surface area contributed by atoms with Gasteiger partial charge in [0.15, 0.2) is 18.1 Å². The largest absolute Gasteiger partial charge is 0.493 e. The Bertz CT molecular complexity index is 734. The second-order valence-electron chi connectivity index (χ2n) is 5.98. The average Bonchev–Trinajstić information content (AvgIpc) is 2.64. The number of methoxy groups -OCH3 is 1. The summed E-state index contributed by atoms with van der Waals surface area (Å²) in [5.41, 5.74) is 1.21. The minimum absolute atomic E-state index is 0.0473. The molecule has 0 unspecified atom stereocenters.